The Balaban J connectivity index is 2.46. The Morgan fingerprint density at radius 3 is 2.67 bits per heavy atom. The van der Waals surface area contributed by atoms with E-state index in [9.17, 15) is 5.11 Å². The highest BCUT2D eigenvalue weighted by molar-refractivity contribution is 5.42. The quantitative estimate of drug-likeness (QED) is 0.616. The first-order chi connectivity index (χ1) is 10.2. The minimum Gasteiger partial charge on any atom is -0.493 e. The van der Waals surface area contributed by atoms with Gasteiger partial charge in [-0.3, -0.25) is 0 Å². The van der Waals surface area contributed by atoms with Crippen molar-refractivity contribution < 1.29 is 14.6 Å². The molecule has 0 spiro atoms. The molecule has 0 aromatic heterocycles. The fourth-order valence-corrected chi connectivity index (χ4v) is 2.08. The molecule has 0 fully saturated rings. The van der Waals surface area contributed by atoms with Gasteiger partial charge in [-0.15, -0.1) is 0 Å². The second kappa shape index (κ2) is 10.5. The maximum absolute atomic E-state index is 9.23. The Labute approximate surface area is 128 Å². The van der Waals surface area contributed by atoms with Gasteiger partial charge in [-0.2, -0.15) is 0 Å². The number of benzene rings is 1. The van der Waals surface area contributed by atoms with Crippen LogP contribution < -0.4 is 14.8 Å². The van der Waals surface area contributed by atoms with Gasteiger partial charge in [0, 0.05) is 13.1 Å². The Morgan fingerprint density at radius 2 is 2.00 bits per heavy atom. The Morgan fingerprint density at radius 1 is 1.19 bits per heavy atom. The molecule has 1 aromatic rings. The third kappa shape index (κ3) is 7.34. The van der Waals surface area contributed by atoms with Crippen molar-refractivity contribution in [1.82, 2.24) is 5.32 Å². The third-order valence-electron chi connectivity index (χ3n) is 3.25. The summed E-state index contributed by atoms with van der Waals surface area (Å²) in [4.78, 5) is 0. The molecule has 21 heavy (non-hydrogen) atoms. The van der Waals surface area contributed by atoms with Crippen LogP contribution >= 0.6 is 0 Å². The minimum absolute atomic E-state index is 0.336. The van der Waals surface area contributed by atoms with Crippen LogP contribution in [0, 0.1) is 0 Å². The molecule has 4 nitrogen and oxygen atoms in total. The summed E-state index contributed by atoms with van der Waals surface area (Å²) >= 11 is 0. The van der Waals surface area contributed by atoms with E-state index in [4.69, 9.17) is 9.47 Å². The number of ether oxygens (including phenoxy) is 2. The van der Waals surface area contributed by atoms with Gasteiger partial charge in [0.2, 0.25) is 0 Å². The highest BCUT2D eigenvalue weighted by Crippen LogP contribution is 2.28. The molecule has 1 unspecified atom stereocenters. The Bertz CT molecular complexity index is 394. The molecular weight excluding hydrogens is 266 g/mol. The van der Waals surface area contributed by atoms with Crippen molar-refractivity contribution in [3.8, 4) is 11.5 Å². The lowest BCUT2D eigenvalue weighted by atomic mass is 10.2. The van der Waals surface area contributed by atoms with Crippen LogP contribution in [0.4, 0.5) is 0 Å². The van der Waals surface area contributed by atoms with Crippen LogP contribution in [0.3, 0.4) is 0 Å². The van der Waals surface area contributed by atoms with E-state index in [1.54, 1.807) is 14.0 Å². The summed E-state index contributed by atoms with van der Waals surface area (Å²) in [6.07, 6.45) is 4.44. The van der Waals surface area contributed by atoms with Crippen LogP contribution in [-0.2, 0) is 6.54 Å². The van der Waals surface area contributed by atoms with Crippen LogP contribution in [0.15, 0.2) is 18.2 Å². The number of methoxy groups -OCH3 is 1. The molecule has 1 atom stereocenters. The van der Waals surface area contributed by atoms with Gasteiger partial charge in [-0.1, -0.05) is 32.3 Å². The smallest absolute Gasteiger partial charge is 0.161 e. The molecule has 0 radical (unpaired) electrons. The molecule has 0 saturated carbocycles. The first-order valence-electron chi connectivity index (χ1n) is 7.85. The summed E-state index contributed by atoms with van der Waals surface area (Å²) in [5.41, 5.74) is 1.12. The summed E-state index contributed by atoms with van der Waals surface area (Å²) in [6.45, 7) is 5.99. The molecular formula is C17H29NO3. The summed E-state index contributed by atoms with van der Waals surface area (Å²) in [7, 11) is 1.66. The molecule has 0 saturated heterocycles. The van der Waals surface area contributed by atoms with Crippen LogP contribution in [0.2, 0.25) is 0 Å². The monoisotopic (exact) mass is 295 g/mol. The zero-order valence-electron chi connectivity index (χ0n) is 13.5. The lowest BCUT2D eigenvalue weighted by molar-refractivity contribution is 0.191. The number of aliphatic hydroxyl groups excluding tert-OH is 1. The van der Waals surface area contributed by atoms with Crippen LogP contribution in [0.25, 0.3) is 0 Å². The van der Waals surface area contributed by atoms with Gasteiger partial charge in [-0.25, -0.2) is 0 Å². The average Bonchev–Trinajstić information content (AvgIpc) is 2.47. The van der Waals surface area contributed by atoms with E-state index in [1.807, 2.05) is 18.2 Å². The van der Waals surface area contributed by atoms with E-state index >= 15 is 0 Å². The predicted molar refractivity (Wildman–Crippen MR) is 86.0 cm³/mol. The highest BCUT2D eigenvalue weighted by atomic mass is 16.5. The molecule has 0 heterocycles. The van der Waals surface area contributed by atoms with Crippen molar-refractivity contribution in [2.45, 2.75) is 52.2 Å². The molecule has 120 valence electrons. The van der Waals surface area contributed by atoms with Crippen molar-refractivity contribution in [2.75, 3.05) is 20.3 Å². The first-order valence-corrected chi connectivity index (χ1v) is 7.85. The standard InChI is InChI=1S/C17H29NO3/c1-4-5-6-7-10-21-16-9-8-15(11-17(16)20-3)13-18-12-14(2)19/h8-9,11,14,18-19H,4-7,10,12-13H2,1-3H3. The largest absolute Gasteiger partial charge is 0.493 e. The molecule has 0 aliphatic heterocycles. The summed E-state index contributed by atoms with van der Waals surface area (Å²) < 4.78 is 11.2. The van der Waals surface area contributed by atoms with E-state index in [0.29, 0.717) is 13.1 Å². The first kappa shape index (κ1) is 17.8. The molecule has 4 heteroatoms. The molecule has 0 aliphatic rings. The van der Waals surface area contributed by atoms with Crippen LogP contribution in [0.1, 0.15) is 45.1 Å². The second-order valence-corrected chi connectivity index (χ2v) is 5.37. The summed E-state index contributed by atoms with van der Waals surface area (Å²) in [5.74, 6) is 1.56. The van der Waals surface area contributed by atoms with Crippen molar-refractivity contribution in [1.29, 1.82) is 0 Å². The Hall–Kier alpha value is -1.26. The number of unbranched alkanes of at least 4 members (excludes halogenated alkanes) is 3. The predicted octanol–water partition coefficient (Wildman–Crippen LogP) is 3.12. The van der Waals surface area contributed by atoms with Gasteiger partial charge in [0.15, 0.2) is 11.5 Å². The summed E-state index contributed by atoms with van der Waals surface area (Å²) in [5, 5.41) is 12.4. The van der Waals surface area contributed by atoms with Gasteiger partial charge >= 0.3 is 0 Å². The van der Waals surface area contributed by atoms with E-state index in [2.05, 4.69) is 12.2 Å². The maximum atomic E-state index is 9.23. The van der Waals surface area contributed by atoms with Crippen molar-refractivity contribution in [2.24, 2.45) is 0 Å². The van der Waals surface area contributed by atoms with Gasteiger partial charge in [0.05, 0.1) is 19.8 Å². The zero-order chi connectivity index (χ0) is 15.5. The van der Waals surface area contributed by atoms with E-state index in [-0.39, 0.29) is 6.10 Å². The number of aliphatic hydroxyl groups is 1. The lowest BCUT2D eigenvalue weighted by Crippen LogP contribution is -2.23. The van der Waals surface area contributed by atoms with Crippen LogP contribution in [0.5, 0.6) is 11.5 Å². The molecule has 0 aliphatic carbocycles. The van der Waals surface area contributed by atoms with Gasteiger partial charge in [0.1, 0.15) is 0 Å². The third-order valence-corrected chi connectivity index (χ3v) is 3.25. The SMILES string of the molecule is CCCCCCOc1ccc(CNCC(C)O)cc1OC. The zero-order valence-corrected chi connectivity index (χ0v) is 13.5. The minimum atomic E-state index is -0.336. The average molecular weight is 295 g/mol. The topological polar surface area (TPSA) is 50.7 Å². The number of nitrogens with one attached hydrogen (secondary N) is 1. The Kier molecular flexibility index (Phi) is 8.87. The summed E-state index contributed by atoms with van der Waals surface area (Å²) in [6, 6.07) is 5.97. The highest BCUT2D eigenvalue weighted by Gasteiger charge is 2.06. The fraction of sp³-hybridized carbons (Fsp3) is 0.647. The maximum Gasteiger partial charge on any atom is 0.161 e. The van der Waals surface area contributed by atoms with Gasteiger partial charge in [0.25, 0.3) is 0 Å². The van der Waals surface area contributed by atoms with E-state index in [0.717, 1.165) is 30.1 Å². The normalized spacial score (nSPS) is 12.2. The van der Waals surface area contributed by atoms with E-state index < -0.39 is 0 Å². The molecule has 2 N–H and O–H groups in total. The number of hydrogen-bond acceptors (Lipinski definition) is 4. The number of rotatable bonds is 11. The van der Waals surface area contributed by atoms with Crippen LogP contribution in [-0.4, -0.2) is 31.5 Å². The van der Waals surface area contributed by atoms with Crippen molar-refractivity contribution in [3.05, 3.63) is 23.8 Å². The molecule has 0 amide bonds. The molecule has 1 aromatic carbocycles. The fourth-order valence-electron chi connectivity index (χ4n) is 2.08. The van der Waals surface area contributed by atoms with Crippen molar-refractivity contribution >= 4 is 0 Å². The van der Waals surface area contributed by atoms with Gasteiger partial charge in [-0.05, 0) is 31.0 Å². The van der Waals surface area contributed by atoms with Crippen molar-refractivity contribution in [3.63, 3.8) is 0 Å². The number of hydrogen-bond donors (Lipinski definition) is 2. The lowest BCUT2D eigenvalue weighted by Gasteiger charge is -2.13. The molecule has 1 rings (SSSR count). The molecule has 0 bridgehead atoms. The second-order valence-electron chi connectivity index (χ2n) is 5.37. The van der Waals surface area contributed by atoms with Gasteiger partial charge < -0.3 is 19.9 Å². The van der Waals surface area contributed by atoms with E-state index in [1.165, 1.54) is 19.3 Å².